The summed E-state index contributed by atoms with van der Waals surface area (Å²) in [6.45, 7) is 2.59. The van der Waals surface area contributed by atoms with E-state index in [0.717, 1.165) is 0 Å². The van der Waals surface area contributed by atoms with Crippen LogP contribution in [-0.4, -0.2) is 37.6 Å². The number of nitrogens with one attached hydrogen (secondary N) is 2. The molecule has 0 spiro atoms. The molecule has 5 nitrogen and oxygen atoms in total. The van der Waals surface area contributed by atoms with Crippen LogP contribution in [0.4, 0.5) is 0 Å². The van der Waals surface area contributed by atoms with Crippen molar-refractivity contribution in [2.75, 3.05) is 13.7 Å². The second-order valence-corrected chi connectivity index (χ2v) is 3.15. The Hall–Kier alpha value is -1.10. The van der Waals surface area contributed by atoms with E-state index in [2.05, 4.69) is 15.4 Å². The van der Waals surface area contributed by atoms with Crippen LogP contribution < -0.4 is 10.6 Å². The molecule has 0 aromatic rings. The number of hydrogen-bond donors (Lipinski definition) is 2. The standard InChI is InChI=1S/C8H14N2O3/c1-5-4-9-6(8(12)10-5)3-7(11)13-2/h5-6,9H,3-4H2,1-2H3,(H,10,12)/t5-,6-/m0/s1. The molecule has 1 fully saturated rings. The molecule has 1 saturated heterocycles. The zero-order valence-electron chi connectivity index (χ0n) is 7.79. The van der Waals surface area contributed by atoms with Gasteiger partial charge in [0.1, 0.15) is 0 Å². The number of hydrogen-bond acceptors (Lipinski definition) is 4. The van der Waals surface area contributed by atoms with Crippen LogP contribution in [0.15, 0.2) is 0 Å². The second kappa shape index (κ2) is 4.23. The number of methoxy groups -OCH3 is 1. The SMILES string of the molecule is COC(=O)C[C@@H]1NC[C@H](C)NC1=O. The maximum absolute atomic E-state index is 11.3. The molecule has 0 bridgehead atoms. The predicted molar refractivity (Wildman–Crippen MR) is 46.0 cm³/mol. The maximum Gasteiger partial charge on any atom is 0.307 e. The Morgan fingerprint density at radius 1 is 1.69 bits per heavy atom. The fourth-order valence-electron chi connectivity index (χ4n) is 1.22. The molecule has 1 rings (SSSR count). The van der Waals surface area contributed by atoms with Crippen LogP contribution in [0.2, 0.25) is 0 Å². The van der Waals surface area contributed by atoms with Crippen LogP contribution in [0.3, 0.4) is 0 Å². The smallest absolute Gasteiger partial charge is 0.307 e. The van der Waals surface area contributed by atoms with Crippen molar-refractivity contribution < 1.29 is 14.3 Å². The van der Waals surface area contributed by atoms with E-state index in [0.29, 0.717) is 6.54 Å². The van der Waals surface area contributed by atoms with Gasteiger partial charge in [0, 0.05) is 12.6 Å². The van der Waals surface area contributed by atoms with Crippen molar-refractivity contribution in [1.29, 1.82) is 0 Å². The first-order valence-electron chi connectivity index (χ1n) is 4.24. The predicted octanol–water partition coefficient (Wildman–Crippen LogP) is -0.974. The third kappa shape index (κ3) is 2.69. The highest BCUT2D eigenvalue weighted by atomic mass is 16.5. The lowest BCUT2D eigenvalue weighted by atomic mass is 10.1. The molecule has 0 unspecified atom stereocenters. The molecule has 0 radical (unpaired) electrons. The summed E-state index contributed by atoms with van der Waals surface area (Å²) in [7, 11) is 1.31. The molecule has 2 N–H and O–H groups in total. The number of esters is 1. The molecule has 0 aromatic heterocycles. The highest BCUT2D eigenvalue weighted by molar-refractivity contribution is 5.87. The lowest BCUT2D eigenvalue weighted by molar-refractivity contribution is -0.143. The van der Waals surface area contributed by atoms with Crippen molar-refractivity contribution in [2.45, 2.75) is 25.4 Å². The summed E-state index contributed by atoms with van der Waals surface area (Å²) in [5.74, 6) is -0.508. The quantitative estimate of drug-likeness (QED) is 0.544. The van der Waals surface area contributed by atoms with E-state index in [9.17, 15) is 9.59 Å². The summed E-state index contributed by atoms with van der Waals surface area (Å²) in [5.41, 5.74) is 0. The zero-order valence-corrected chi connectivity index (χ0v) is 7.79. The number of piperazine rings is 1. The number of amides is 1. The Kier molecular flexibility index (Phi) is 3.25. The van der Waals surface area contributed by atoms with Gasteiger partial charge in [-0.3, -0.25) is 9.59 Å². The lowest BCUT2D eigenvalue weighted by Crippen LogP contribution is -2.57. The number of carbonyl (C=O) groups is 2. The Morgan fingerprint density at radius 2 is 2.38 bits per heavy atom. The molecule has 0 aliphatic carbocycles. The third-order valence-electron chi connectivity index (χ3n) is 1.97. The van der Waals surface area contributed by atoms with Gasteiger partial charge in [0.25, 0.3) is 0 Å². The molecule has 0 aromatic carbocycles. The van der Waals surface area contributed by atoms with E-state index in [-0.39, 0.29) is 24.3 Å². The van der Waals surface area contributed by atoms with Gasteiger partial charge in [-0.2, -0.15) is 0 Å². The van der Waals surface area contributed by atoms with E-state index in [1.54, 1.807) is 0 Å². The third-order valence-corrected chi connectivity index (χ3v) is 1.97. The lowest BCUT2D eigenvalue weighted by Gasteiger charge is -2.27. The van der Waals surface area contributed by atoms with Gasteiger partial charge < -0.3 is 15.4 Å². The van der Waals surface area contributed by atoms with Crippen molar-refractivity contribution in [3.05, 3.63) is 0 Å². The van der Waals surface area contributed by atoms with Gasteiger partial charge in [-0.25, -0.2) is 0 Å². The normalized spacial score (nSPS) is 28.0. The van der Waals surface area contributed by atoms with Gasteiger partial charge in [-0.05, 0) is 6.92 Å². The van der Waals surface area contributed by atoms with Crippen LogP contribution in [0, 0.1) is 0 Å². The van der Waals surface area contributed by atoms with Crippen molar-refractivity contribution in [3.63, 3.8) is 0 Å². The molecule has 2 atom stereocenters. The number of rotatable bonds is 2. The van der Waals surface area contributed by atoms with E-state index in [4.69, 9.17) is 0 Å². The minimum Gasteiger partial charge on any atom is -0.469 e. The first-order chi connectivity index (χ1) is 6.13. The van der Waals surface area contributed by atoms with Crippen molar-refractivity contribution in [1.82, 2.24) is 10.6 Å². The molecule has 1 amide bonds. The highest BCUT2D eigenvalue weighted by Gasteiger charge is 2.27. The van der Waals surface area contributed by atoms with Crippen LogP contribution in [0.5, 0.6) is 0 Å². The summed E-state index contributed by atoms with van der Waals surface area (Å²) in [5, 5.41) is 5.72. The first kappa shape index (κ1) is 9.98. The average Bonchev–Trinajstić information content (AvgIpc) is 2.09. The molecular weight excluding hydrogens is 172 g/mol. The average molecular weight is 186 g/mol. The minimum absolute atomic E-state index is 0.0923. The highest BCUT2D eigenvalue weighted by Crippen LogP contribution is 2.00. The molecular formula is C8H14N2O3. The van der Waals surface area contributed by atoms with Crippen LogP contribution in [0.1, 0.15) is 13.3 Å². The summed E-state index contributed by atoms with van der Waals surface area (Å²) in [4.78, 5) is 22.1. The fourth-order valence-corrected chi connectivity index (χ4v) is 1.22. The molecule has 5 heteroatoms. The number of ether oxygens (including phenoxy) is 1. The molecule has 13 heavy (non-hydrogen) atoms. The van der Waals surface area contributed by atoms with Crippen molar-refractivity contribution in [2.24, 2.45) is 0 Å². The molecule has 1 aliphatic rings. The maximum atomic E-state index is 11.3. The minimum atomic E-state index is -0.441. The van der Waals surface area contributed by atoms with Gasteiger partial charge in [0.15, 0.2) is 0 Å². The summed E-state index contributed by atoms with van der Waals surface area (Å²) < 4.78 is 4.47. The van der Waals surface area contributed by atoms with E-state index < -0.39 is 6.04 Å². The first-order valence-corrected chi connectivity index (χ1v) is 4.24. The van der Waals surface area contributed by atoms with Crippen LogP contribution >= 0.6 is 0 Å². The Morgan fingerprint density at radius 3 is 2.92 bits per heavy atom. The van der Waals surface area contributed by atoms with Crippen LogP contribution in [0.25, 0.3) is 0 Å². The topological polar surface area (TPSA) is 67.4 Å². The Balaban J connectivity index is 2.42. The van der Waals surface area contributed by atoms with Gasteiger partial charge in [-0.1, -0.05) is 0 Å². The Labute approximate surface area is 76.8 Å². The largest absolute Gasteiger partial charge is 0.469 e. The van der Waals surface area contributed by atoms with Gasteiger partial charge >= 0.3 is 5.97 Å². The zero-order chi connectivity index (χ0) is 9.84. The number of carbonyl (C=O) groups excluding carboxylic acids is 2. The van der Waals surface area contributed by atoms with E-state index in [1.807, 2.05) is 6.92 Å². The summed E-state index contributed by atoms with van der Waals surface area (Å²) in [6, 6.07) is -0.315. The van der Waals surface area contributed by atoms with Crippen molar-refractivity contribution >= 4 is 11.9 Å². The Bertz CT molecular complexity index is 217. The fraction of sp³-hybridized carbons (Fsp3) is 0.750. The molecule has 1 heterocycles. The van der Waals surface area contributed by atoms with E-state index >= 15 is 0 Å². The molecule has 74 valence electrons. The summed E-state index contributed by atoms with van der Waals surface area (Å²) in [6.07, 6.45) is 0.0923. The monoisotopic (exact) mass is 186 g/mol. The van der Waals surface area contributed by atoms with Gasteiger partial charge in [-0.15, -0.1) is 0 Å². The van der Waals surface area contributed by atoms with E-state index in [1.165, 1.54) is 7.11 Å². The second-order valence-electron chi connectivity index (χ2n) is 3.15. The van der Waals surface area contributed by atoms with Crippen LogP contribution in [-0.2, 0) is 14.3 Å². The molecule has 0 saturated carbocycles. The summed E-state index contributed by atoms with van der Waals surface area (Å²) >= 11 is 0. The van der Waals surface area contributed by atoms with Gasteiger partial charge in [0.2, 0.25) is 5.91 Å². The van der Waals surface area contributed by atoms with Gasteiger partial charge in [0.05, 0.1) is 19.6 Å². The molecule has 1 aliphatic heterocycles. The van der Waals surface area contributed by atoms with Crippen molar-refractivity contribution in [3.8, 4) is 0 Å².